The molecule has 0 aliphatic heterocycles. The van der Waals surface area contributed by atoms with Gasteiger partial charge in [0.2, 0.25) is 0 Å². The van der Waals surface area contributed by atoms with Gasteiger partial charge in [0.15, 0.2) is 6.10 Å². The lowest BCUT2D eigenvalue weighted by atomic mass is 10.1. The first-order valence-corrected chi connectivity index (χ1v) is 32.6. The van der Waals surface area contributed by atoms with Crippen molar-refractivity contribution in [3.63, 3.8) is 0 Å². The normalized spacial score (nSPS) is 13.5. The molecule has 6 nitrogen and oxygen atoms in total. The molecule has 0 saturated heterocycles. The third-order valence-electron chi connectivity index (χ3n) is 12.8. The van der Waals surface area contributed by atoms with E-state index in [1.807, 2.05) is 0 Å². The van der Waals surface area contributed by atoms with Crippen LogP contribution in [0.2, 0.25) is 0 Å². The summed E-state index contributed by atoms with van der Waals surface area (Å²) in [5, 5.41) is 0. The molecule has 0 aliphatic carbocycles. The van der Waals surface area contributed by atoms with Gasteiger partial charge in [0, 0.05) is 19.3 Å². The standard InChI is InChI=1S/C77H116O6/c1-4-7-10-13-16-19-22-25-28-30-31-32-33-34-35-36-37-38-39-40-41-42-43-44-45-47-49-52-55-58-61-64-67-70-76(79)82-73-74(72-81-75(78)69-66-63-60-57-54-51-48-27-24-21-18-15-12-9-6-3)83-77(80)71-68-65-62-59-56-53-50-46-29-26-23-20-17-14-11-8-5-2/h7-12,16-21,25-29,31-32,34-35,37-38,40-41,43-44,47-50,53,55,58,74H,4-6,13-15,22-24,30,33,36,39,42,45-46,51-52,54,56-57,59-73H2,1-3H3/b10-7-,11-8-,12-9-,19-16-,20-17-,21-18-,28-25-,29-26-,32-31-,35-34-,38-37-,41-40-,44-43-,48-27-,49-47-,53-50-,58-55-. The molecule has 460 valence electrons. The van der Waals surface area contributed by atoms with Crippen molar-refractivity contribution in [3.05, 3.63) is 207 Å². The summed E-state index contributed by atoms with van der Waals surface area (Å²) in [5.41, 5.74) is 0. The molecule has 0 heterocycles. The average Bonchev–Trinajstić information content (AvgIpc) is 3.49. The van der Waals surface area contributed by atoms with Crippen LogP contribution < -0.4 is 0 Å². The number of carbonyl (C=O) groups is 3. The van der Waals surface area contributed by atoms with E-state index in [1.54, 1.807) is 0 Å². The van der Waals surface area contributed by atoms with Crippen LogP contribution in [0.15, 0.2) is 207 Å². The van der Waals surface area contributed by atoms with Gasteiger partial charge in [-0.2, -0.15) is 0 Å². The smallest absolute Gasteiger partial charge is 0.306 e. The molecule has 0 bridgehead atoms. The lowest BCUT2D eigenvalue weighted by Gasteiger charge is -2.18. The maximum absolute atomic E-state index is 12.9. The van der Waals surface area contributed by atoms with E-state index in [9.17, 15) is 14.4 Å². The Hall–Kier alpha value is -6.01. The average molecular weight is 1140 g/mol. The monoisotopic (exact) mass is 1140 g/mol. The second kappa shape index (κ2) is 68.5. The van der Waals surface area contributed by atoms with Gasteiger partial charge in [0.05, 0.1) is 0 Å². The van der Waals surface area contributed by atoms with E-state index >= 15 is 0 Å². The Balaban J connectivity index is 4.48. The van der Waals surface area contributed by atoms with Crippen LogP contribution in [-0.4, -0.2) is 37.2 Å². The Labute approximate surface area is 509 Å². The van der Waals surface area contributed by atoms with Crippen LogP contribution in [0, 0.1) is 0 Å². The summed E-state index contributed by atoms with van der Waals surface area (Å²) in [6.07, 6.45) is 106. The number of carbonyl (C=O) groups excluding carboxylic acids is 3. The zero-order chi connectivity index (χ0) is 59.9. The molecule has 0 radical (unpaired) electrons. The summed E-state index contributed by atoms with van der Waals surface area (Å²) in [7, 11) is 0. The summed E-state index contributed by atoms with van der Waals surface area (Å²) < 4.78 is 16.8. The van der Waals surface area contributed by atoms with Crippen molar-refractivity contribution in [3.8, 4) is 0 Å². The minimum absolute atomic E-state index is 0.122. The van der Waals surface area contributed by atoms with E-state index in [0.717, 1.165) is 193 Å². The number of rotatable bonds is 56. The van der Waals surface area contributed by atoms with Gasteiger partial charge >= 0.3 is 17.9 Å². The minimum Gasteiger partial charge on any atom is -0.462 e. The molecule has 0 fully saturated rings. The third kappa shape index (κ3) is 66.7. The van der Waals surface area contributed by atoms with E-state index in [4.69, 9.17) is 14.2 Å². The van der Waals surface area contributed by atoms with Crippen molar-refractivity contribution in [1.82, 2.24) is 0 Å². The van der Waals surface area contributed by atoms with Crippen LogP contribution in [0.4, 0.5) is 0 Å². The number of hydrogen-bond donors (Lipinski definition) is 0. The fourth-order valence-electron chi connectivity index (χ4n) is 8.00. The molecule has 6 heteroatoms. The van der Waals surface area contributed by atoms with E-state index in [-0.39, 0.29) is 44.0 Å². The lowest BCUT2D eigenvalue weighted by Crippen LogP contribution is -2.30. The molecule has 0 saturated carbocycles. The zero-order valence-electron chi connectivity index (χ0n) is 52.6. The number of allylic oxidation sites excluding steroid dienone is 34. The Morgan fingerprint density at radius 3 is 0.699 bits per heavy atom. The van der Waals surface area contributed by atoms with Crippen molar-refractivity contribution < 1.29 is 28.6 Å². The van der Waals surface area contributed by atoms with Crippen molar-refractivity contribution in [2.75, 3.05) is 13.2 Å². The van der Waals surface area contributed by atoms with Crippen molar-refractivity contribution >= 4 is 17.9 Å². The Morgan fingerprint density at radius 1 is 0.241 bits per heavy atom. The predicted octanol–water partition coefficient (Wildman–Crippen LogP) is 22.8. The molecular weight excluding hydrogens is 1020 g/mol. The molecule has 1 unspecified atom stereocenters. The van der Waals surface area contributed by atoms with Gasteiger partial charge < -0.3 is 14.2 Å². The quantitative estimate of drug-likeness (QED) is 0.0261. The molecule has 0 aromatic carbocycles. The molecule has 0 spiro atoms. The maximum atomic E-state index is 12.9. The number of esters is 3. The molecule has 0 aliphatic rings. The molecule has 83 heavy (non-hydrogen) atoms. The Kier molecular flexibility index (Phi) is 63.5. The van der Waals surface area contributed by atoms with E-state index < -0.39 is 6.10 Å². The highest BCUT2D eigenvalue weighted by atomic mass is 16.6. The highest BCUT2D eigenvalue weighted by molar-refractivity contribution is 5.71. The SMILES string of the molecule is CC/C=C\C/C=C\C/C=C\C/C=C\C/C=C\C/C=C\C/C=C\C/C=C\C/C=C\C/C=C\CCCCC(=O)OCC(COC(=O)CCCCCCC/C=C\C/C=C\C/C=C\CC)OC(=O)CCCCCC/C=C\C/C=C\C/C=C\C/C=C\CC. The van der Waals surface area contributed by atoms with Gasteiger partial charge in [-0.25, -0.2) is 0 Å². The summed E-state index contributed by atoms with van der Waals surface area (Å²) >= 11 is 0. The topological polar surface area (TPSA) is 78.9 Å². The summed E-state index contributed by atoms with van der Waals surface area (Å²) in [5.74, 6) is -1.02. The molecule has 0 N–H and O–H groups in total. The molecule has 0 amide bonds. The van der Waals surface area contributed by atoms with Crippen LogP contribution in [0.1, 0.15) is 239 Å². The second-order valence-corrected chi connectivity index (χ2v) is 20.5. The largest absolute Gasteiger partial charge is 0.462 e. The Bertz CT molecular complexity index is 2030. The number of unbranched alkanes of at least 4 members (excludes halogenated alkanes) is 11. The van der Waals surface area contributed by atoms with Gasteiger partial charge in [-0.05, 0) is 167 Å². The molecular formula is C77H116O6. The van der Waals surface area contributed by atoms with Crippen LogP contribution in [0.3, 0.4) is 0 Å². The third-order valence-corrected chi connectivity index (χ3v) is 12.8. The van der Waals surface area contributed by atoms with Crippen LogP contribution in [-0.2, 0) is 28.6 Å². The first-order chi connectivity index (χ1) is 41.0. The molecule has 0 rings (SSSR count). The zero-order valence-corrected chi connectivity index (χ0v) is 52.6. The second-order valence-electron chi connectivity index (χ2n) is 20.5. The lowest BCUT2D eigenvalue weighted by molar-refractivity contribution is -0.167. The highest BCUT2D eigenvalue weighted by Gasteiger charge is 2.19. The molecule has 0 aromatic heterocycles. The van der Waals surface area contributed by atoms with Crippen LogP contribution in [0.5, 0.6) is 0 Å². The minimum atomic E-state index is -0.831. The van der Waals surface area contributed by atoms with Gasteiger partial charge in [0.25, 0.3) is 0 Å². The Morgan fingerprint density at radius 2 is 0.434 bits per heavy atom. The summed E-state index contributed by atoms with van der Waals surface area (Å²) in [4.78, 5) is 38.3. The summed E-state index contributed by atoms with van der Waals surface area (Å²) in [6.45, 7) is 6.21. The van der Waals surface area contributed by atoms with E-state index in [0.29, 0.717) is 12.8 Å². The van der Waals surface area contributed by atoms with Gasteiger partial charge in [-0.15, -0.1) is 0 Å². The highest BCUT2D eigenvalue weighted by Crippen LogP contribution is 2.12. The summed E-state index contributed by atoms with van der Waals surface area (Å²) in [6, 6.07) is 0. The number of hydrogen-bond acceptors (Lipinski definition) is 6. The van der Waals surface area contributed by atoms with E-state index in [1.165, 1.54) is 0 Å². The van der Waals surface area contributed by atoms with Gasteiger partial charge in [0.1, 0.15) is 13.2 Å². The maximum Gasteiger partial charge on any atom is 0.306 e. The van der Waals surface area contributed by atoms with Gasteiger partial charge in [-0.1, -0.05) is 259 Å². The van der Waals surface area contributed by atoms with E-state index in [2.05, 4.69) is 227 Å². The van der Waals surface area contributed by atoms with Crippen LogP contribution in [0.25, 0.3) is 0 Å². The van der Waals surface area contributed by atoms with Crippen LogP contribution >= 0.6 is 0 Å². The predicted molar refractivity (Wildman–Crippen MR) is 361 cm³/mol. The van der Waals surface area contributed by atoms with Crippen molar-refractivity contribution in [2.24, 2.45) is 0 Å². The fourth-order valence-corrected chi connectivity index (χ4v) is 8.00. The molecule has 1 atom stereocenters. The number of ether oxygens (including phenoxy) is 3. The first kappa shape index (κ1) is 77.0. The van der Waals surface area contributed by atoms with Crippen molar-refractivity contribution in [1.29, 1.82) is 0 Å². The molecule has 0 aromatic rings. The van der Waals surface area contributed by atoms with Crippen molar-refractivity contribution in [2.45, 2.75) is 245 Å². The first-order valence-electron chi connectivity index (χ1n) is 32.6. The fraction of sp³-hybridized carbons (Fsp3) is 0.519. The van der Waals surface area contributed by atoms with Gasteiger partial charge in [-0.3, -0.25) is 14.4 Å².